The Labute approximate surface area is 149 Å². The Bertz CT molecular complexity index is 901. The van der Waals surface area contributed by atoms with Crippen LogP contribution >= 0.6 is 0 Å². The molecule has 3 heteroatoms. The molecule has 0 aliphatic carbocycles. The molecule has 2 aromatic carbocycles. The highest BCUT2D eigenvalue weighted by Crippen LogP contribution is 2.32. The molecule has 4 rings (SSSR count). The third-order valence-corrected chi connectivity index (χ3v) is 5.56. The zero-order valence-electron chi connectivity index (χ0n) is 15.2. The van der Waals surface area contributed by atoms with Crippen molar-refractivity contribution in [2.75, 3.05) is 20.1 Å². The molecular formula is C22H26N2O. The Kier molecular flexibility index (Phi) is 4.58. The van der Waals surface area contributed by atoms with Gasteiger partial charge in [0.2, 0.25) is 0 Å². The molecule has 2 heterocycles. The molecule has 0 unspecified atom stereocenters. The van der Waals surface area contributed by atoms with Gasteiger partial charge in [0, 0.05) is 10.9 Å². The molecular weight excluding hydrogens is 308 g/mol. The second-order valence-electron chi connectivity index (χ2n) is 7.30. The fourth-order valence-corrected chi connectivity index (χ4v) is 4.02. The Morgan fingerprint density at radius 2 is 2.00 bits per heavy atom. The molecule has 1 aliphatic heterocycles. The van der Waals surface area contributed by atoms with Crippen LogP contribution in [0.25, 0.3) is 27.8 Å². The van der Waals surface area contributed by atoms with Gasteiger partial charge in [-0.05, 0) is 75.5 Å². The first-order valence-corrected chi connectivity index (χ1v) is 9.37. The van der Waals surface area contributed by atoms with Crippen LogP contribution < -0.4 is 0 Å². The lowest BCUT2D eigenvalue weighted by Gasteiger charge is -2.28. The van der Waals surface area contributed by atoms with Crippen LogP contribution in [0.15, 0.2) is 40.9 Å². The quantitative estimate of drug-likeness (QED) is 0.649. The van der Waals surface area contributed by atoms with Crippen molar-refractivity contribution in [3.63, 3.8) is 0 Å². The highest BCUT2D eigenvalue weighted by atomic mass is 16.5. The number of allylic oxidation sites excluding steroid dienone is 1. The molecule has 130 valence electrons. The van der Waals surface area contributed by atoms with Crippen LogP contribution in [-0.4, -0.2) is 30.2 Å². The van der Waals surface area contributed by atoms with Gasteiger partial charge >= 0.3 is 0 Å². The summed E-state index contributed by atoms with van der Waals surface area (Å²) in [7, 11) is 2.22. The summed E-state index contributed by atoms with van der Waals surface area (Å²) in [5, 5.41) is 8.11. The Morgan fingerprint density at radius 1 is 1.20 bits per heavy atom. The number of rotatable bonds is 4. The number of aromatic nitrogens is 1. The predicted octanol–water partition coefficient (Wildman–Crippen LogP) is 5.29. The first-order valence-electron chi connectivity index (χ1n) is 9.37. The number of hydrogen-bond donors (Lipinski definition) is 0. The van der Waals surface area contributed by atoms with Crippen molar-refractivity contribution in [1.82, 2.24) is 10.1 Å². The Morgan fingerprint density at radius 3 is 2.80 bits per heavy atom. The summed E-state index contributed by atoms with van der Waals surface area (Å²) in [4.78, 5) is 2.43. The van der Waals surface area contributed by atoms with Crippen LogP contribution in [0.4, 0.5) is 0 Å². The third-order valence-electron chi connectivity index (χ3n) is 5.56. The molecule has 3 aromatic rings. The van der Waals surface area contributed by atoms with E-state index in [0.29, 0.717) is 0 Å². The molecule has 0 radical (unpaired) electrons. The van der Waals surface area contributed by atoms with Gasteiger partial charge < -0.3 is 9.42 Å². The normalized spacial score (nSPS) is 17.2. The summed E-state index contributed by atoms with van der Waals surface area (Å²) in [6.45, 7) is 4.49. The molecule has 0 atom stereocenters. The number of aryl methyl sites for hydroxylation is 1. The molecule has 0 bridgehead atoms. The van der Waals surface area contributed by atoms with Gasteiger partial charge in [-0.3, -0.25) is 0 Å². The number of likely N-dealkylation sites (tertiary alicyclic amines) is 1. The van der Waals surface area contributed by atoms with E-state index in [0.717, 1.165) is 29.2 Å². The summed E-state index contributed by atoms with van der Waals surface area (Å²) in [6, 6.07) is 10.8. The van der Waals surface area contributed by atoms with E-state index in [9.17, 15) is 0 Å². The van der Waals surface area contributed by atoms with Gasteiger partial charge in [0.1, 0.15) is 0 Å². The Hall–Kier alpha value is -2.13. The number of benzene rings is 2. The molecule has 3 nitrogen and oxygen atoms in total. The van der Waals surface area contributed by atoms with Crippen LogP contribution in [0, 0.1) is 5.92 Å². The standard InChI is InChI=1S/C22H26N2O/c1-3-6-19-18-8-5-4-7-17(18)15-20-21(23-25-22(19)20)10-9-16-11-13-24(2)14-12-16/h3-8,15-16H,9-14H2,1-2H3/b6-3+. The first-order chi connectivity index (χ1) is 12.3. The zero-order chi connectivity index (χ0) is 17.2. The number of piperidine rings is 1. The summed E-state index contributed by atoms with van der Waals surface area (Å²) >= 11 is 0. The maximum Gasteiger partial charge on any atom is 0.174 e. The monoisotopic (exact) mass is 334 g/mol. The maximum atomic E-state index is 5.79. The van der Waals surface area contributed by atoms with E-state index in [4.69, 9.17) is 4.52 Å². The summed E-state index contributed by atoms with van der Waals surface area (Å²) in [5.41, 5.74) is 3.19. The van der Waals surface area contributed by atoms with Gasteiger partial charge in [-0.1, -0.05) is 41.6 Å². The summed E-state index contributed by atoms with van der Waals surface area (Å²) < 4.78 is 5.79. The van der Waals surface area contributed by atoms with Gasteiger partial charge in [0.05, 0.1) is 5.69 Å². The van der Waals surface area contributed by atoms with Crippen molar-refractivity contribution in [2.45, 2.75) is 32.6 Å². The van der Waals surface area contributed by atoms with E-state index in [1.807, 2.05) is 6.92 Å². The van der Waals surface area contributed by atoms with Gasteiger partial charge in [-0.25, -0.2) is 0 Å². The maximum absolute atomic E-state index is 5.79. The van der Waals surface area contributed by atoms with Crippen LogP contribution in [0.2, 0.25) is 0 Å². The third kappa shape index (κ3) is 3.21. The molecule has 0 saturated carbocycles. The van der Waals surface area contributed by atoms with Crippen molar-refractivity contribution >= 4 is 27.8 Å². The lowest BCUT2D eigenvalue weighted by Crippen LogP contribution is -2.30. The van der Waals surface area contributed by atoms with E-state index in [2.05, 4.69) is 59.6 Å². The van der Waals surface area contributed by atoms with E-state index in [-0.39, 0.29) is 0 Å². The van der Waals surface area contributed by atoms with Gasteiger partial charge in [0.25, 0.3) is 0 Å². The minimum atomic E-state index is 0.818. The van der Waals surface area contributed by atoms with Crippen LogP contribution in [-0.2, 0) is 6.42 Å². The number of fused-ring (bicyclic) bond motifs is 2. The molecule has 0 N–H and O–H groups in total. The van der Waals surface area contributed by atoms with Crippen LogP contribution in [0.3, 0.4) is 0 Å². The van der Waals surface area contributed by atoms with Crippen molar-refractivity contribution in [3.05, 3.63) is 47.7 Å². The number of hydrogen-bond acceptors (Lipinski definition) is 3. The molecule has 1 aliphatic rings. The lowest BCUT2D eigenvalue weighted by atomic mass is 9.91. The smallest absolute Gasteiger partial charge is 0.174 e. The van der Waals surface area contributed by atoms with Crippen LogP contribution in [0.5, 0.6) is 0 Å². The van der Waals surface area contributed by atoms with Gasteiger partial charge in [-0.15, -0.1) is 0 Å². The zero-order valence-corrected chi connectivity index (χ0v) is 15.2. The van der Waals surface area contributed by atoms with Crippen LogP contribution in [0.1, 0.15) is 37.4 Å². The molecule has 0 spiro atoms. The molecule has 1 saturated heterocycles. The second-order valence-corrected chi connectivity index (χ2v) is 7.30. The second kappa shape index (κ2) is 7.01. The summed E-state index contributed by atoms with van der Waals surface area (Å²) in [5.74, 6) is 0.818. The highest BCUT2D eigenvalue weighted by Gasteiger charge is 2.19. The lowest BCUT2D eigenvalue weighted by molar-refractivity contribution is 0.212. The fraction of sp³-hybridized carbons (Fsp3) is 0.409. The fourth-order valence-electron chi connectivity index (χ4n) is 4.02. The molecule has 1 aromatic heterocycles. The minimum Gasteiger partial charge on any atom is -0.355 e. The van der Waals surface area contributed by atoms with Crippen molar-refractivity contribution in [1.29, 1.82) is 0 Å². The minimum absolute atomic E-state index is 0.818. The average molecular weight is 334 g/mol. The SMILES string of the molecule is C/C=C/c1c2ccccc2cc2c(CCC3CCN(C)CC3)noc12. The van der Waals surface area contributed by atoms with E-state index >= 15 is 0 Å². The topological polar surface area (TPSA) is 29.3 Å². The Balaban J connectivity index is 1.66. The average Bonchev–Trinajstić information content (AvgIpc) is 3.04. The first kappa shape index (κ1) is 16.3. The van der Waals surface area contributed by atoms with Crippen molar-refractivity contribution in [2.24, 2.45) is 5.92 Å². The van der Waals surface area contributed by atoms with Crippen molar-refractivity contribution < 1.29 is 4.52 Å². The van der Waals surface area contributed by atoms with Gasteiger partial charge in [-0.2, -0.15) is 0 Å². The summed E-state index contributed by atoms with van der Waals surface area (Å²) in [6.07, 6.45) is 9.03. The van der Waals surface area contributed by atoms with E-state index in [1.165, 1.54) is 48.5 Å². The predicted molar refractivity (Wildman–Crippen MR) is 105 cm³/mol. The number of nitrogens with zero attached hydrogens (tertiary/aromatic N) is 2. The molecule has 25 heavy (non-hydrogen) atoms. The molecule has 0 amide bonds. The van der Waals surface area contributed by atoms with Crippen molar-refractivity contribution in [3.8, 4) is 0 Å². The highest BCUT2D eigenvalue weighted by molar-refractivity contribution is 6.05. The van der Waals surface area contributed by atoms with E-state index < -0.39 is 0 Å². The largest absolute Gasteiger partial charge is 0.355 e. The van der Waals surface area contributed by atoms with E-state index in [1.54, 1.807) is 0 Å². The van der Waals surface area contributed by atoms with Gasteiger partial charge in [0.15, 0.2) is 5.58 Å². The molecule has 1 fully saturated rings.